The quantitative estimate of drug-likeness (QED) is 0.0324. The molecular formula is C47H42F4N8O5S. The number of thioether (sulfide) groups is 1. The van der Waals surface area contributed by atoms with Crippen LogP contribution >= 0.6 is 11.8 Å². The van der Waals surface area contributed by atoms with Crippen LogP contribution in [-0.2, 0) is 28.2 Å². The zero-order chi connectivity index (χ0) is 46.7. The van der Waals surface area contributed by atoms with Gasteiger partial charge in [0.1, 0.15) is 22.9 Å². The summed E-state index contributed by atoms with van der Waals surface area (Å²) in [6.07, 6.45) is -6.74. The Labute approximate surface area is 374 Å². The molecule has 0 saturated heterocycles. The highest BCUT2D eigenvalue weighted by Gasteiger charge is 2.43. The van der Waals surface area contributed by atoms with Crippen molar-refractivity contribution in [2.24, 2.45) is 11.5 Å². The van der Waals surface area contributed by atoms with Crippen molar-refractivity contribution in [1.82, 2.24) is 19.9 Å². The first-order valence-corrected chi connectivity index (χ1v) is 20.7. The van der Waals surface area contributed by atoms with E-state index in [0.29, 0.717) is 22.3 Å². The summed E-state index contributed by atoms with van der Waals surface area (Å²) in [4.78, 5) is 38.3. The number of anilines is 2. The van der Waals surface area contributed by atoms with E-state index in [4.69, 9.17) is 37.9 Å². The van der Waals surface area contributed by atoms with Crippen LogP contribution < -0.4 is 27.7 Å². The largest absolute Gasteiger partial charge is 0.480 e. The Balaban J connectivity index is 0.000000228. The van der Waals surface area contributed by atoms with Crippen LogP contribution in [0.3, 0.4) is 0 Å². The molecule has 7 aromatic rings. The fourth-order valence-electron chi connectivity index (χ4n) is 6.29. The third-order valence-corrected chi connectivity index (χ3v) is 10.6. The molecule has 334 valence electrons. The minimum Gasteiger partial charge on any atom is -0.480 e. The number of nitrogens with two attached hydrogens (primary N) is 4. The molecule has 65 heavy (non-hydrogen) atoms. The summed E-state index contributed by atoms with van der Waals surface area (Å²) in [7, 11) is 0. The SMILES string of the molecule is Nc1nc(OC(c2ccc(-c3ccc(F)cc3)cc2)C(F)(F)F)cc(-c2ccc(C[C@H](N)C(=O)O)cc2)n1.Nc1nc(SCc2ccccc2)cc(-c2ccc(C[C@H](N)C(=O)O)cc2)n1. The Morgan fingerprint density at radius 1 is 0.600 bits per heavy atom. The molecule has 2 aromatic heterocycles. The number of carbonyl (C=O) groups is 2. The summed E-state index contributed by atoms with van der Waals surface area (Å²) in [6, 6.07) is 36.4. The Morgan fingerprint density at radius 3 is 1.55 bits per heavy atom. The van der Waals surface area contributed by atoms with Crippen LogP contribution in [0.5, 0.6) is 5.88 Å². The van der Waals surface area contributed by atoms with E-state index in [1.165, 1.54) is 60.2 Å². The van der Waals surface area contributed by atoms with E-state index in [-0.39, 0.29) is 41.9 Å². The summed E-state index contributed by atoms with van der Waals surface area (Å²) < 4.78 is 60.5. The summed E-state index contributed by atoms with van der Waals surface area (Å²) in [6.45, 7) is 0. The van der Waals surface area contributed by atoms with Crippen molar-refractivity contribution in [2.45, 2.75) is 48.0 Å². The molecule has 0 spiro atoms. The van der Waals surface area contributed by atoms with Gasteiger partial charge in [0.25, 0.3) is 0 Å². The van der Waals surface area contributed by atoms with Gasteiger partial charge in [-0.15, -0.1) is 11.8 Å². The molecule has 1 unspecified atom stereocenters. The Morgan fingerprint density at radius 2 is 1.06 bits per heavy atom. The molecular weight excluding hydrogens is 865 g/mol. The number of carboxylic acid groups (broad SMARTS) is 2. The van der Waals surface area contributed by atoms with Crippen molar-refractivity contribution in [3.63, 3.8) is 0 Å². The van der Waals surface area contributed by atoms with Crippen molar-refractivity contribution in [2.75, 3.05) is 11.5 Å². The van der Waals surface area contributed by atoms with Gasteiger partial charge in [-0.3, -0.25) is 9.59 Å². The Hall–Kier alpha value is -7.41. The van der Waals surface area contributed by atoms with Crippen molar-refractivity contribution in [3.05, 3.63) is 168 Å². The van der Waals surface area contributed by atoms with E-state index in [0.717, 1.165) is 27.6 Å². The van der Waals surface area contributed by atoms with E-state index in [9.17, 15) is 27.2 Å². The predicted molar refractivity (Wildman–Crippen MR) is 240 cm³/mol. The number of benzene rings is 5. The van der Waals surface area contributed by atoms with Gasteiger partial charge in [0.05, 0.1) is 11.4 Å². The van der Waals surface area contributed by atoms with Crippen molar-refractivity contribution in [1.29, 1.82) is 0 Å². The number of nitrogens with zero attached hydrogens (tertiary/aromatic N) is 4. The summed E-state index contributed by atoms with van der Waals surface area (Å²) >= 11 is 1.60. The summed E-state index contributed by atoms with van der Waals surface area (Å²) in [5.74, 6) is -2.22. The minimum atomic E-state index is -4.78. The number of rotatable bonds is 15. The molecule has 0 radical (unpaired) electrons. The summed E-state index contributed by atoms with van der Waals surface area (Å²) in [5, 5.41) is 18.7. The van der Waals surface area contributed by atoms with Gasteiger partial charge in [0.2, 0.25) is 23.9 Å². The monoisotopic (exact) mass is 906 g/mol. The molecule has 0 amide bonds. The molecule has 0 aliphatic heterocycles. The van der Waals surface area contributed by atoms with Gasteiger partial charge in [-0.2, -0.15) is 18.2 Å². The lowest BCUT2D eigenvalue weighted by molar-refractivity contribution is -0.198. The molecule has 0 aliphatic rings. The first kappa shape index (κ1) is 47.1. The third kappa shape index (κ3) is 13.5. The fourth-order valence-corrected chi connectivity index (χ4v) is 7.15. The Kier molecular flexibility index (Phi) is 15.4. The van der Waals surface area contributed by atoms with E-state index in [2.05, 4.69) is 32.1 Å². The molecule has 0 fully saturated rings. The van der Waals surface area contributed by atoms with Gasteiger partial charge in [0, 0.05) is 28.5 Å². The van der Waals surface area contributed by atoms with E-state index in [1.807, 2.05) is 48.5 Å². The maximum Gasteiger partial charge on any atom is 0.429 e. The minimum absolute atomic E-state index is 0.100. The van der Waals surface area contributed by atoms with Gasteiger partial charge in [0.15, 0.2) is 0 Å². The molecule has 5 aromatic carbocycles. The number of carboxylic acids is 2. The summed E-state index contributed by atoms with van der Waals surface area (Å²) in [5.41, 5.74) is 28.9. The first-order chi connectivity index (χ1) is 31.0. The number of hydrogen-bond acceptors (Lipinski definition) is 12. The van der Waals surface area contributed by atoms with Crippen LogP contribution in [-0.4, -0.2) is 60.3 Å². The lowest BCUT2D eigenvalue weighted by Gasteiger charge is -2.22. The second-order valence-corrected chi connectivity index (χ2v) is 15.5. The maximum atomic E-state index is 14.0. The fraction of sp³-hybridized carbons (Fsp3) is 0.149. The average molecular weight is 907 g/mol. The van der Waals surface area contributed by atoms with Crippen LogP contribution in [0.25, 0.3) is 33.6 Å². The third-order valence-electron chi connectivity index (χ3n) is 9.64. The molecule has 0 aliphatic carbocycles. The Bertz CT molecular complexity index is 2700. The van der Waals surface area contributed by atoms with Gasteiger partial charge in [-0.1, -0.05) is 115 Å². The molecule has 10 N–H and O–H groups in total. The van der Waals surface area contributed by atoms with Gasteiger partial charge >= 0.3 is 18.1 Å². The number of aliphatic carboxylic acids is 2. The zero-order valence-electron chi connectivity index (χ0n) is 34.3. The van der Waals surface area contributed by atoms with Crippen LogP contribution in [0.1, 0.15) is 28.4 Å². The van der Waals surface area contributed by atoms with Gasteiger partial charge in [-0.05, 0) is 58.9 Å². The highest BCUT2D eigenvalue weighted by atomic mass is 32.2. The molecule has 0 saturated carbocycles. The number of nitrogen functional groups attached to an aromatic ring is 2. The normalized spacial score (nSPS) is 12.6. The van der Waals surface area contributed by atoms with Gasteiger partial charge in [-0.25, -0.2) is 19.3 Å². The predicted octanol–water partition coefficient (Wildman–Crippen LogP) is 8.14. The number of aromatic nitrogens is 4. The van der Waals surface area contributed by atoms with Crippen LogP contribution in [0.15, 0.2) is 145 Å². The average Bonchev–Trinajstić information content (AvgIpc) is 3.28. The van der Waals surface area contributed by atoms with Crippen LogP contribution in [0, 0.1) is 5.82 Å². The highest BCUT2D eigenvalue weighted by molar-refractivity contribution is 7.98. The topological polar surface area (TPSA) is 239 Å². The van der Waals surface area contributed by atoms with E-state index < -0.39 is 42.1 Å². The molecule has 0 bridgehead atoms. The van der Waals surface area contributed by atoms with Gasteiger partial charge < -0.3 is 37.9 Å². The van der Waals surface area contributed by atoms with Crippen molar-refractivity contribution < 1.29 is 42.1 Å². The maximum absolute atomic E-state index is 14.0. The highest BCUT2D eigenvalue weighted by Crippen LogP contribution is 2.38. The second kappa shape index (κ2) is 21.3. The van der Waals surface area contributed by atoms with E-state index in [1.54, 1.807) is 36.0 Å². The lowest BCUT2D eigenvalue weighted by atomic mass is 10.0. The number of ether oxygens (including phenoxy) is 1. The van der Waals surface area contributed by atoms with Crippen molar-refractivity contribution in [3.8, 4) is 39.5 Å². The molecule has 2 heterocycles. The van der Waals surface area contributed by atoms with Crippen molar-refractivity contribution >= 4 is 35.6 Å². The standard InChI is InChI=1S/C27H22F4N4O3.C20H20N4O2S/c28-20-11-9-17(10-12-20)16-5-7-19(8-6-16)24(27(29,30)31)38-23-14-22(34-26(33)35-23)18-3-1-15(2-4-18)13-21(32)25(36)37;21-16(19(25)26)10-13-6-8-15(9-7-13)17-11-18(24-20(22)23-17)27-12-14-4-2-1-3-5-14/h1-12,14,21,24H,13,32H2,(H,36,37)(H2,33,34,35);1-9,11,16H,10,12,21H2,(H,25,26)(H2,22,23,24)/t21-,24?;16-/m00/s1. The zero-order valence-corrected chi connectivity index (χ0v) is 35.1. The molecule has 18 heteroatoms. The number of alkyl halides is 3. The first-order valence-electron chi connectivity index (χ1n) is 19.7. The number of hydrogen-bond donors (Lipinski definition) is 6. The molecule has 13 nitrogen and oxygen atoms in total. The number of halogens is 4. The lowest BCUT2D eigenvalue weighted by Crippen LogP contribution is -2.32. The van der Waals surface area contributed by atoms with Crippen LogP contribution in [0.2, 0.25) is 0 Å². The molecule has 3 atom stereocenters. The smallest absolute Gasteiger partial charge is 0.429 e. The van der Waals surface area contributed by atoms with Crippen LogP contribution in [0.4, 0.5) is 29.5 Å². The second-order valence-electron chi connectivity index (χ2n) is 14.5. The van der Waals surface area contributed by atoms with E-state index >= 15 is 0 Å². The molecule has 7 rings (SSSR count).